The smallest absolute Gasteiger partial charge is 0.139 e. The van der Waals surface area contributed by atoms with Crippen LogP contribution in [0.1, 0.15) is 31.0 Å². The minimum Gasteiger partial charge on any atom is -0.329 e. The van der Waals surface area contributed by atoms with Crippen LogP contribution in [0.4, 0.5) is 0 Å². The van der Waals surface area contributed by atoms with Gasteiger partial charge in [-0.1, -0.05) is 13.0 Å². The molecule has 1 aliphatic heterocycles. The molecule has 2 unspecified atom stereocenters. The van der Waals surface area contributed by atoms with Gasteiger partial charge in [-0.25, -0.2) is 4.98 Å². The molecule has 0 bridgehead atoms. The van der Waals surface area contributed by atoms with Gasteiger partial charge in [-0.15, -0.1) is 0 Å². The number of hydrogen-bond donors (Lipinski definition) is 1. The van der Waals surface area contributed by atoms with Gasteiger partial charge in [-0.2, -0.15) is 0 Å². The standard InChI is InChI=1S/C16H24N4/c1-12-5-7-19(15(8-12)9-17)10-14-11-20-6-3-4-13(2)16(20)18-14/h3-4,6,11-12,15H,5,7-10,17H2,1-2H3. The van der Waals surface area contributed by atoms with E-state index in [4.69, 9.17) is 10.7 Å². The van der Waals surface area contributed by atoms with Crippen molar-refractivity contribution in [2.24, 2.45) is 11.7 Å². The largest absolute Gasteiger partial charge is 0.329 e. The highest BCUT2D eigenvalue weighted by molar-refractivity contribution is 5.47. The lowest BCUT2D eigenvalue weighted by molar-refractivity contribution is 0.114. The fourth-order valence-corrected chi connectivity index (χ4v) is 3.24. The number of aryl methyl sites for hydroxylation is 1. The molecular weight excluding hydrogens is 248 g/mol. The molecule has 0 saturated carbocycles. The van der Waals surface area contributed by atoms with Crippen molar-refractivity contribution in [2.75, 3.05) is 13.1 Å². The molecule has 3 rings (SSSR count). The van der Waals surface area contributed by atoms with E-state index in [1.54, 1.807) is 0 Å². The van der Waals surface area contributed by atoms with Crippen LogP contribution in [0, 0.1) is 12.8 Å². The number of piperidine rings is 1. The monoisotopic (exact) mass is 272 g/mol. The van der Waals surface area contributed by atoms with Gasteiger partial charge in [-0.05, 0) is 43.9 Å². The predicted octanol–water partition coefficient (Wildman–Crippen LogP) is 2.20. The lowest BCUT2D eigenvalue weighted by atomic mass is 9.92. The molecule has 0 aromatic carbocycles. The lowest BCUT2D eigenvalue weighted by Gasteiger charge is -2.37. The van der Waals surface area contributed by atoms with E-state index in [-0.39, 0.29) is 0 Å². The molecule has 0 spiro atoms. The Morgan fingerprint density at radius 2 is 2.30 bits per heavy atom. The number of fused-ring (bicyclic) bond motifs is 1. The van der Waals surface area contributed by atoms with Crippen molar-refractivity contribution in [2.45, 2.75) is 39.3 Å². The first-order valence-corrected chi connectivity index (χ1v) is 7.54. The third-order valence-electron chi connectivity index (χ3n) is 4.46. The Labute approximate surface area is 120 Å². The maximum Gasteiger partial charge on any atom is 0.139 e. The average Bonchev–Trinajstić information content (AvgIpc) is 2.85. The molecule has 1 fully saturated rings. The summed E-state index contributed by atoms with van der Waals surface area (Å²) in [6.07, 6.45) is 6.69. The maximum absolute atomic E-state index is 5.94. The van der Waals surface area contributed by atoms with Crippen LogP contribution in [0.25, 0.3) is 5.65 Å². The predicted molar refractivity (Wildman–Crippen MR) is 81.6 cm³/mol. The molecule has 108 valence electrons. The second-order valence-electron chi connectivity index (χ2n) is 6.14. The summed E-state index contributed by atoms with van der Waals surface area (Å²) in [5.41, 5.74) is 9.38. The fourth-order valence-electron chi connectivity index (χ4n) is 3.24. The van der Waals surface area contributed by atoms with E-state index in [1.807, 2.05) is 0 Å². The molecule has 4 heteroatoms. The average molecular weight is 272 g/mol. The summed E-state index contributed by atoms with van der Waals surface area (Å²) < 4.78 is 2.12. The number of hydrogen-bond acceptors (Lipinski definition) is 3. The summed E-state index contributed by atoms with van der Waals surface area (Å²) in [5, 5.41) is 0. The maximum atomic E-state index is 5.94. The van der Waals surface area contributed by atoms with Gasteiger partial charge in [0.25, 0.3) is 0 Å². The summed E-state index contributed by atoms with van der Waals surface area (Å²) in [7, 11) is 0. The Morgan fingerprint density at radius 1 is 1.45 bits per heavy atom. The second kappa shape index (κ2) is 5.54. The third-order valence-corrected chi connectivity index (χ3v) is 4.46. The van der Waals surface area contributed by atoms with E-state index in [9.17, 15) is 0 Å². The van der Waals surface area contributed by atoms with E-state index in [0.29, 0.717) is 6.04 Å². The number of pyridine rings is 1. The number of imidazole rings is 1. The van der Waals surface area contributed by atoms with E-state index in [1.165, 1.54) is 18.4 Å². The minimum atomic E-state index is 0.504. The van der Waals surface area contributed by atoms with Gasteiger partial charge in [0, 0.05) is 31.5 Å². The van der Waals surface area contributed by atoms with Gasteiger partial charge in [0.2, 0.25) is 0 Å². The fraction of sp³-hybridized carbons (Fsp3) is 0.562. The molecule has 2 aromatic heterocycles. The van der Waals surface area contributed by atoms with Crippen LogP contribution >= 0.6 is 0 Å². The second-order valence-corrected chi connectivity index (χ2v) is 6.14. The van der Waals surface area contributed by atoms with E-state index in [0.717, 1.165) is 36.9 Å². The Bertz CT molecular complexity index is 589. The van der Waals surface area contributed by atoms with Gasteiger partial charge in [0.15, 0.2) is 0 Å². The molecule has 4 nitrogen and oxygen atoms in total. The minimum absolute atomic E-state index is 0.504. The van der Waals surface area contributed by atoms with Crippen LogP contribution in [-0.2, 0) is 6.54 Å². The van der Waals surface area contributed by atoms with Crippen molar-refractivity contribution in [1.29, 1.82) is 0 Å². The number of nitrogens with two attached hydrogens (primary N) is 1. The zero-order valence-electron chi connectivity index (χ0n) is 12.4. The van der Waals surface area contributed by atoms with Crippen LogP contribution in [0.3, 0.4) is 0 Å². The Morgan fingerprint density at radius 3 is 3.05 bits per heavy atom. The van der Waals surface area contributed by atoms with Crippen molar-refractivity contribution in [3.8, 4) is 0 Å². The van der Waals surface area contributed by atoms with Crippen molar-refractivity contribution in [1.82, 2.24) is 14.3 Å². The topological polar surface area (TPSA) is 46.6 Å². The molecule has 0 amide bonds. The van der Waals surface area contributed by atoms with Gasteiger partial charge < -0.3 is 10.1 Å². The molecular formula is C16H24N4. The van der Waals surface area contributed by atoms with Crippen molar-refractivity contribution in [3.05, 3.63) is 35.8 Å². The molecule has 2 N–H and O–H groups in total. The Hall–Kier alpha value is -1.39. The zero-order valence-corrected chi connectivity index (χ0v) is 12.4. The molecule has 1 aliphatic rings. The molecule has 0 aliphatic carbocycles. The molecule has 2 atom stereocenters. The first kappa shape index (κ1) is 13.6. The van der Waals surface area contributed by atoms with Gasteiger partial charge in [-0.3, -0.25) is 4.90 Å². The van der Waals surface area contributed by atoms with Gasteiger partial charge in [0.05, 0.1) is 5.69 Å². The highest BCUT2D eigenvalue weighted by atomic mass is 15.2. The number of likely N-dealkylation sites (tertiary alicyclic amines) is 1. The normalized spacial score (nSPS) is 24.4. The molecule has 1 saturated heterocycles. The van der Waals surface area contributed by atoms with Crippen LogP contribution in [-0.4, -0.2) is 33.4 Å². The first-order chi connectivity index (χ1) is 9.67. The van der Waals surface area contributed by atoms with E-state index >= 15 is 0 Å². The van der Waals surface area contributed by atoms with Crippen molar-refractivity contribution in [3.63, 3.8) is 0 Å². The van der Waals surface area contributed by atoms with Crippen LogP contribution < -0.4 is 5.73 Å². The summed E-state index contributed by atoms with van der Waals surface area (Å²) in [5.74, 6) is 0.795. The first-order valence-electron chi connectivity index (χ1n) is 7.54. The summed E-state index contributed by atoms with van der Waals surface area (Å²) in [6, 6.07) is 4.68. The van der Waals surface area contributed by atoms with E-state index < -0.39 is 0 Å². The van der Waals surface area contributed by atoms with Gasteiger partial charge in [0.1, 0.15) is 5.65 Å². The zero-order chi connectivity index (χ0) is 14.1. The van der Waals surface area contributed by atoms with Crippen molar-refractivity contribution >= 4 is 5.65 Å². The summed E-state index contributed by atoms with van der Waals surface area (Å²) >= 11 is 0. The number of aromatic nitrogens is 2. The lowest BCUT2D eigenvalue weighted by Crippen LogP contribution is -2.45. The van der Waals surface area contributed by atoms with Crippen molar-refractivity contribution < 1.29 is 0 Å². The Kier molecular flexibility index (Phi) is 3.76. The highest BCUT2D eigenvalue weighted by Crippen LogP contribution is 2.23. The molecule has 3 heterocycles. The quantitative estimate of drug-likeness (QED) is 0.932. The Balaban J connectivity index is 1.80. The molecule has 2 aromatic rings. The molecule has 20 heavy (non-hydrogen) atoms. The van der Waals surface area contributed by atoms with E-state index in [2.05, 4.69) is 47.7 Å². The third kappa shape index (κ3) is 2.58. The SMILES string of the molecule is Cc1cccn2cc(CN3CCC(C)CC3CN)nc12. The van der Waals surface area contributed by atoms with Gasteiger partial charge >= 0.3 is 0 Å². The summed E-state index contributed by atoms with van der Waals surface area (Å²) in [6.45, 7) is 7.23. The van der Waals surface area contributed by atoms with Crippen LogP contribution in [0.15, 0.2) is 24.5 Å². The number of nitrogens with zero attached hydrogens (tertiary/aromatic N) is 3. The van der Waals surface area contributed by atoms with Crippen LogP contribution in [0.2, 0.25) is 0 Å². The molecule has 0 radical (unpaired) electrons. The van der Waals surface area contributed by atoms with Crippen LogP contribution in [0.5, 0.6) is 0 Å². The summed E-state index contributed by atoms with van der Waals surface area (Å²) in [4.78, 5) is 7.27. The highest BCUT2D eigenvalue weighted by Gasteiger charge is 2.25. The number of rotatable bonds is 3.